The largest absolute Gasteiger partial charge is 0.391 e. The monoisotopic (exact) mass is 303 g/mol. The van der Waals surface area contributed by atoms with E-state index in [2.05, 4.69) is 21.0 Å². The molecule has 2 rings (SSSR count). The number of anilines is 1. The summed E-state index contributed by atoms with van der Waals surface area (Å²) in [6.07, 6.45) is 5.14. The van der Waals surface area contributed by atoms with E-state index in [1.807, 2.05) is 17.0 Å². The molecule has 0 fully saturated rings. The lowest BCUT2D eigenvalue weighted by atomic mass is 10.2. The molecule has 0 aliphatic rings. The summed E-state index contributed by atoms with van der Waals surface area (Å²) in [5, 5.41) is 18.5. The Balaban J connectivity index is 2.32. The summed E-state index contributed by atoms with van der Waals surface area (Å²) in [4.78, 5) is 14.0. The summed E-state index contributed by atoms with van der Waals surface area (Å²) in [7, 11) is 0. The minimum atomic E-state index is -0.259. The summed E-state index contributed by atoms with van der Waals surface area (Å²) in [6.45, 7) is 0.743. The summed E-state index contributed by atoms with van der Waals surface area (Å²) in [5.41, 5.74) is 1.44. The topological polar surface area (TPSA) is 85.9 Å². The highest BCUT2D eigenvalue weighted by molar-refractivity contribution is 6.30. The third-order valence-corrected chi connectivity index (χ3v) is 3.24. The van der Waals surface area contributed by atoms with Crippen molar-refractivity contribution in [2.75, 3.05) is 11.4 Å². The van der Waals surface area contributed by atoms with Crippen LogP contribution in [0.5, 0.6) is 0 Å². The van der Waals surface area contributed by atoms with Gasteiger partial charge in [0.2, 0.25) is 0 Å². The highest BCUT2D eigenvalue weighted by atomic mass is 35.5. The number of hydrogen-bond donors (Lipinski definition) is 1. The maximum absolute atomic E-state index is 9.47. The molecule has 2 aromatic rings. The van der Waals surface area contributed by atoms with E-state index in [-0.39, 0.29) is 11.8 Å². The first-order chi connectivity index (χ1) is 10.3. The summed E-state index contributed by atoms with van der Waals surface area (Å²) in [5.74, 6) is 0.539. The first kappa shape index (κ1) is 15.2. The standard InChI is InChI=1S/C14H14ClN5O/c15-13-12(9-21)14(19-10-18-13)20(6-2-4-16)8-11-3-1-5-17-7-11/h1,3,5,7,10,21H,2,6,8-9H2. The van der Waals surface area contributed by atoms with E-state index in [9.17, 15) is 5.11 Å². The van der Waals surface area contributed by atoms with Crippen LogP contribution in [0.1, 0.15) is 17.5 Å². The van der Waals surface area contributed by atoms with Gasteiger partial charge in [-0.15, -0.1) is 0 Å². The summed E-state index contributed by atoms with van der Waals surface area (Å²) >= 11 is 6.00. The fourth-order valence-corrected chi connectivity index (χ4v) is 2.14. The van der Waals surface area contributed by atoms with Crippen LogP contribution in [0, 0.1) is 11.3 Å². The van der Waals surface area contributed by atoms with E-state index in [0.29, 0.717) is 30.9 Å². The zero-order valence-corrected chi connectivity index (χ0v) is 12.0. The van der Waals surface area contributed by atoms with Crippen LogP contribution in [0.4, 0.5) is 5.82 Å². The third-order valence-electron chi connectivity index (χ3n) is 2.92. The van der Waals surface area contributed by atoms with Gasteiger partial charge in [0.05, 0.1) is 24.7 Å². The van der Waals surface area contributed by atoms with Gasteiger partial charge in [0.25, 0.3) is 0 Å². The van der Waals surface area contributed by atoms with Gasteiger partial charge in [-0.1, -0.05) is 17.7 Å². The molecule has 0 aliphatic carbocycles. The van der Waals surface area contributed by atoms with Gasteiger partial charge in [-0.2, -0.15) is 5.26 Å². The number of aliphatic hydroxyl groups is 1. The lowest BCUT2D eigenvalue weighted by Gasteiger charge is -2.24. The van der Waals surface area contributed by atoms with Crippen molar-refractivity contribution in [3.05, 3.63) is 47.1 Å². The van der Waals surface area contributed by atoms with Crippen LogP contribution in [-0.2, 0) is 13.2 Å². The van der Waals surface area contributed by atoms with E-state index in [4.69, 9.17) is 16.9 Å². The Hall–Kier alpha value is -2.23. The number of aliphatic hydroxyl groups excluding tert-OH is 1. The molecule has 0 radical (unpaired) electrons. The molecule has 0 aromatic carbocycles. The molecule has 0 bridgehead atoms. The lowest BCUT2D eigenvalue weighted by Crippen LogP contribution is -2.26. The Morgan fingerprint density at radius 3 is 2.90 bits per heavy atom. The molecule has 0 spiro atoms. The molecule has 7 heteroatoms. The van der Waals surface area contributed by atoms with Crippen molar-refractivity contribution in [1.82, 2.24) is 15.0 Å². The summed E-state index contributed by atoms with van der Waals surface area (Å²) in [6, 6.07) is 5.89. The highest BCUT2D eigenvalue weighted by Gasteiger charge is 2.16. The van der Waals surface area contributed by atoms with E-state index < -0.39 is 0 Å². The van der Waals surface area contributed by atoms with Crippen LogP contribution in [-0.4, -0.2) is 26.6 Å². The molecule has 1 N–H and O–H groups in total. The number of aromatic nitrogens is 3. The molecule has 0 unspecified atom stereocenters. The molecule has 6 nitrogen and oxygen atoms in total. The van der Waals surface area contributed by atoms with Gasteiger partial charge in [0.15, 0.2) is 0 Å². The minimum Gasteiger partial charge on any atom is -0.391 e. The second kappa shape index (κ2) is 7.53. The molecule has 108 valence electrons. The van der Waals surface area contributed by atoms with Crippen LogP contribution < -0.4 is 4.90 Å². The molecule has 0 saturated heterocycles. The molecule has 2 aromatic heterocycles. The number of pyridine rings is 1. The van der Waals surface area contributed by atoms with E-state index in [0.717, 1.165) is 5.56 Å². The van der Waals surface area contributed by atoms with E-state index in [1.54, 1.807) is 12.4 Å². The second-order valence-corrected chi connectivity index (χ2v) is 4.67. The van der Waals surface area contributed by atoms with Crippen molar-refractivity contribution in [3.63, 3.8) is 0 Å². The van der Waals surface area contributed by atoms with Gasteiger partial charge in [-0.25, -0.2) is 9.97 Å². The van der Waals surface area contributed by atoms with E-state index >= 15 is 0 Å². The first-order valence-electron chi connectivity index (χ1n) is 6.37. The Labute approximate surface area is 127 Å². The van der Waals surface area contributed by atoms with E-state index in [1.165, 1.54) is 6.33 Å². The SMILES string of the molecule is N#CCCN(Cc1cccnc1)c1ncnc(Cl)c1CO. The van der Waals surface area contributed by atoms with Crippen molar-refractivity contribution in [3.8, 4) is 6.07 Å². The van der Waals surface area contributed by atoms with Crippen LogP contribution in [0.2, 0.25) is 5.15 Å². The normalized spacial score (nSPS) is 10.1. The van der Waals surface area contributed by atoms with Crippen LogP contribution in [0.25, 0.3) is 0 Å². The van der Waals surface area contributed by atoms with Gasteiger partial charge >= 0.3 is 0 Å². The second-order valence-electron chi connectivity index (χ2n) is 4.32. The van der Waals surface area contributed by atoms with Crippen LogP contribution in [0.15, 0.2) is 30.9 Å². The Bertz CT molecular complexity index is 629. The van der Waals surface area contributed by atoms with Crippen molar-refractivity contribution in [2.45, 2.75) is 19.6 Å². The average molecular weight is 304 g/mol. The Morgan fingerprint density at radius 2 is 2.24 bits per heavy atom. The van der Waals surface area contributed by atoms with Crippen LogP contribution >= 0.6 is 11.6 Å². The molecular weight excluding hydrogens is 290 g/mol. The summed E-state index contributed by atoms with van der Waals surface area (Å²) < 4.78 is 0. The fraction of sp³-hybridized carbons (Fsp3) is 0.286. The Morgan fingerprint density at radius 1 is 1.38 bits per heavy atom. The number of halogens is 1. The van der Waals surface area contributed by atoms with Gasteiger partial charge < -0.3 is 10.0 Å². The Kier molecular flexibility index (Phi) is 5.43. The van der Waals surface area contributed by atoms with Gasteiger partial charge in [-0.05, 0) is 11.6 Å². The smallest absolute Gasteiger partial charge is 0.140 e. The van der Waals surface area contributed by atoms with Gasteiger partial charge in [0, 0.05) is 25.5 Å². The van der Waals surface area contributed by atoms with Crippen molar-refractivity contribution < 1.29 is 5.11 Å². The van der Waals surface area contributed by atoms with Gasteiger partial charge in [-0.3, -0.25) is 4.98 Å². The molecule has 0 amide bonds. The van der Waals surface area contributed by atoms with Crippen molar-refractivity contribution in [2.24, 2.45) is 0 Å². The molecule has 0 atom stereocenters. The number of rotatable bonds is 6. The predicted molar refractivity (Wildman–Crippen MR) is 78.5 cm³/mol. The molecule has 0 saturated carbocycles. The fourth-order valence-electron chi connectivity index (χ4n) is 1.95. The lowest BCUT2D eigenvalue weighted by molar-refractivity contribution is 0.281. The zero-order valence-electron chi connectivity index (χ0n) is 11.3. The first-order valence-corrected chi connectivity index (χ1v) is 6.75. The molecular formula is C14H14ClN5O. The maximum Gasteiger partial charge on any atom is 0.140 e. The number of nitrogens with zero attached hydrogens (tertiary/aromatic N) is 5. The van der Waals surface area contributed by atoms with Crippen molar-refractivity contribution in [1.29, 1.82) is 5.26 Å². The third kappa shape index (κ3) is 3.88. The number of hydrogen-bond acceptors (Lipinski definition) is 6. The molecule has 0 aliphatic heterocycles. The average Bonchev–Trinajstić information content (AvgIpc) is 2.52. The highest BCUT2D eigenvalue weighted by Crippen LogP contribution is 2.24. The molecule has 2 heterocycles. The zero-order chi connectivity index (χ0) is 15.1. The number of nitriles is 1. The van der Waals surface area contributed by atoms with Gasteiger partial charge in [0.1, 0.15) is 17.3 Å². The quantitative estimate of drug-likeness (QED) is 0.821. The van der Waals surface area contributed by atoms with Crippen molar-refractivity contribution >= 4 is 17.4 Å². The minimum absolute atomic E-state index is 0.218. The maximum atomic E-state index is 9.47. The van der Waals surface area contributed by atoms with Crippen LogP contribution in [0.3, 0.4) is 0 Å². The molecule has 21 heavy (non-hydrogen) atoms. The predicted octanol–water partition coefficient (Wildman–Crippen LogP) is 1.94.